The molecule has 0 bridgehead atoms. The van der Waals surface area contributed by atoms with E-state index in [0.29, 0.717) is 5.41 Å². The van der Waals surface area contributed by atoms with Crippen LogP contribution in [0.1, 0.15) is 24.8 Å². The molecule has 0 aromatic carbocycles. The molecule has 1 heterocycles. The SMILES string of the molecule is NCCC1(c2csc(Br)c2)CC1. The van der Waals surface area contributed by atoms with Gasteiger partial charge >= 0.3 is 0 Å². The fourth-order valence-corrected chi connectivity index (χ4v) is 2.98. The summed E-state index contributed by atoms with van der Waals surface area (Å²) in [6.07, 6.45) is 3.80. The lowest BCUT2D eigenvalue weighted by molar-refractivity contribution is 0.631. The Morgan fingerprint density at radius 3 is 2.75 bits per heavy atom. The van der Waals surface area contributed by atoms with Gasteiger partial charge in [-0.3, -0.25) is 0 Å². The summed E-state index contributed by atoms with van der Waals surface area (Å²) in [4.78, 5) is 0. The maximum absolute atomic E-state index is 5.59. The highest BCUT2D eigenvalue weighted by Gasteiger charge is 2.43. The van der Waals surface area contributed by atoms with Gasteiger partial charge in [0.05, 0.1) is 3.79 Å². The van der Waals surface area contributed by atoms with Gasteiger partial charge in [-0.25, -0.2) is 0 Å². The van der Waals surface area contributed by atoms with Crippen LogP contribution in [-0.2, 0) is 5.41 Å². The van der Waals surface area contributed by atoms with E-state index < -0.39 is 0 Å². The molecule has 0 amide bonds. The molecule has 2 N–H and O–H groups in total. The molecule has 0 spiro atoms. The van der Waals surface area contributed by atoms with Crippen LogP contribution in [0.4, 0.5) is 0 Å². The third kappa shape index (κ3) is 1.45. The van der Waals surface area contributed by atoms with Gasteiger partial charge in [0, 0.05) is 0 Å². The highest BCUT2D eigenvalue weighted by Crippen LogP contribution is 2.52. The van der Waals surface area contributed by atoms with Crippen molar-refractivity contribution in [3.8, 4) is 0 Å². The summed E-state index contributed by atoms with van der Waals surface area (Å²) in [5.74, 6) is 0. The van der Waals surface area contributed by atoms with E-state index in [0.717, 1.165) is 13.0 Å². The predicted molar refractivity (Wildman–Crippen MR) is 56.6 cm³/mol. The Balaban J connectivity index is 2.18. The van der Waals surface area contributed by atoms with Crippen LogP contribution in [0, 0.1) is 0 Å². The van der Waals surface area contributed by atoms with E-state index in [1.54, 1.807) is 11.3 Å². The summed E-state index contributed by atoms with van der Waals surface area (Å²) in [5.41, 5.74) is 7.55. The first kappa shape index (κ1) is 8.73. The molecule has 0 unspecified atom stereocenters. The van der Waals surface area contributed by atoms with Crippen LogP contribution >= 0.6 is 27.3 Å². The Kier molecular flexibility index (Phi) is 2.27. The first-order chi connectivity index (χ1) is 5.77. The minimum absolute atomic E-state index is 0.470. The van der Waals surface area contributed by atoms with Crippen LogP contribution in [0.2, 0.25) is 0 Å². The predicted octanol–water partition coefficient (Wildman–Crippen LogP) is 2.89. The molecule has 1 nitrogen and oxygen atoms in total. The molecule has 12 heavy (non-hydrogen) atoms. The maximum Gasteiger partial charge on any atom is 0.0701 e. The largest absolute Gasteiger partial charge is 0.330 e. The lowest BCUT2D eigenvalue weighted by Crippen LogP contribution is -2.12. The van der Waals surface area contributed by atoms with Gasteiger partial charge in [-0.1, -0.05) is 0 Å². The average Bonchev–Trinajstić information content (AvgIpc) is 2.69. The van der Waals surface area contributed by atoms with E-state index in [1.807, 2.05) is 0 Å². The molecule has 0 aliphatic heterocycles. The minimum atomic E-state index is 0.470. The smallest absolute Gasteiger partial charge is 0.0701 e. The van der Waals surface area contributed by atoms with Gasteiger partial charge in [0.15, 0.2) is 0 Å². The number of rotatable bonds is 3. The minimum Gasteiger partial charge on any atom is -0.330 e. The van der Waals surface area contributed by atoms with Crippen molar-refractivity contribution in [2.45, 2.75) is 24.7 Å². The van der Waals surface area contributed by atoms with E-state index in [-0.39, 0.29) is 0 Å². The molecular formula is C9H12BrNS. The quantitative estimate of drug-likeness (QED) is 0.871. The number of hydrogen-bond donors (Lipinski definition) is 1. The van der Waals surface area contributed by atoms with Crippen LogP contribution in [0.25, 0.3) is 0 Å². The van der Waals surface area contributed by atoms with Crippen LogP contribution < -0.4 is 5.73 Å². The second-order valence-electron chi connectivity index (χ2n) is 3.46. The molecule has 1 aliphatic carbocycles. The Morgan fingerprint density at radius 1 is 1.58 bits per heavy atom. The van der Waals surface area contributed by atoms with Crippen LogP contribution in [0.15, 0.2) is 15.2 Å². The van der Waals surface area contributed by atoms with Crippen LogP contribution in [0.3, 0.4) is 0 Å². The maximum atomic E-state index is 5.59. The fraction of sp³-hybridized carbons (Fsp3) is 0.556. The first-order valence-corrected chi connectivity index (χ1v) is 5.89. The summed E-state index contributed by atoms with van der Waals surface area (Å²) in [7, 11) is 0. The van der Waals surface area contributed by atoms with Crippen molar-refractivity contribution in [2.24, 2.45) is 5.73 Å². The number of hydrogen-bond acceptors (Lipinski definition) is 2. The molecule has 1 aromatic rings. The summed E-state index contributed by atoms with van der Waals surface area (Å²) in [6.45, 7) is 0.813. The molecule has 0 saturated heterocycles. The zero-order chi connectivity index (χ0) is 8.60. The molecule has 1 aromatic heterocycles. The third-order valence-electron chi connectivity index (χ3n) is 2.66. The van der Waals surface area contributed by atoms with Crippen molar-refractivity contribution >= 4 is 27.3 Å². The van der Waals surface area contributed by atoms with Gasteiger partial charge in [-0.15, -0.1) is 11.3 Å². The van der Waals surface area contributed by atoms with Crippen molar-refractivity contribution in [1.82, 2.24) is 0 Å². The monoisotopic (exact) mass is 245 g/mol. The normalized spacial score (nSPS) is 19.5. The van der Waals surface area contributed by atoms with Crippen LogP contribution in [0.5, 0.6) is 0 Å². The highest BCUT2D eigenvalue weighted by molar-refractivity contribution is 9.11. The van der Waals surface area contributed by atoms with E-state index in [1.165, 1.54) is 22.2 Å². The van der Waals surface area contributed by atoms with Crippen molar-refractivity contribution < 1.29 is 0 Å². The Hall–Kier alpha value is 0.140. The average molecular weight is 246 g/mol. The molecule has 1 aliphatic rings. The molecular weight excluding hydrogens is 234 g/mol. The van der Waals surface area contributed by atoms with Crippen molar-refractivity contribution in [3.63, 3.8) is 0 Å². The van der Waals surface area contributed by atoms with Crippen molar-refractivity contribution in [3.05, 3.63) is 20.8 Å². The van der Waals surface area contributed by atoms with E-state index >= 15 is 0 Å². The third-order valence-corrected chi connectivity index (χ3v) is 4.16. The van der Waals surface area contributed by atoms with E-state index in [2.05, 4.69) is 27.4 Å². The number of thiophene rings is 1. The Labute approximate surface area is 85.1 Å². The summed E-state index contributed by atoms with van der Waals surface area (Å²) < 4.78 is 1.24. The molecule has 3 heteroatoms. The lowest BCUT2D eigenvalue weighted by atomic mass is 9.95. The zero-order valence-corrected chi connectivity index (χ0v) is 9.25. The van der Waals surface area contributed by atoms with E-state index in [4.69, 9.17) is 5.73 Å². The molecule has 1 saturated carbocycles. The van der Waals surface area contributed by atoms with Gasteiger partial charge in [0.1, 0.15) is 0 Å². The molecule has 0 atom stereocenters. The summed E-state index contributed by atoms with van der Waals surface area (Å²) in [6, 6.07) is 2.24. The van der Waals surface area contributed by atoms with Crippen LogP contribution in [-0.4, -0.2) is 6.54 Å². The number of nitrogens with two attached hydrogens (primary N) is 1. The van der Waals surface area contributed by atoms with Gasteiger partial charge in [-0.2, -0.15) is 0 Å². The second-order valence-corrected chi connectivity index (χ2v) is 5.75. The summed E-state index contributed by atoms with van der Waals surface area (Å²) >= 11 is 5.26. The Bertz CT molecular complexity index is 278. The Morgan fingerprint density at radius 2 is 2.33 bits per heavy atom. The first-order valence-electron chi connectivity index (χ1n) is 4.21. The van der Waals surface area contributed by atoms with Crippen molar-refractivity contribution in [2.75, 3.05) is 6.54 Å². The second kappa shape index (κ2) is 3.13. The van der Waals surface area contributed by atoms with Gasteiger partial charge in [0.2, 0.25) is 0 Å². The zero-order valence-electron chi connectivity index (χ0n) is 6.85. The van der Waals surface area contributed by atoms with Gasteiger partial charge in [-0.05, 0) is 64.2 Å². The molecule has 1 fully saturated rings. The lowest BCUT2D eigenvalue weighted by Gasteiger charge is -2.10. The standard InChI is InChI=1S/C9H12BrNS/c10-8-5-7(6-12-8)9(1-2-9)3-4-11/h5-6H,1-4,11H2. The topological polar surface area (TPSA) is 26.0 Å². The molecule has 66 valence electrons. The van der Waals surface area contributed by atoms with Gasteiger partial charge in [0.25, 0.3) is 0 Å². The fourth-order valence-electron chi connectivity index (χ4n) is 1.70. The number of halogens is 1. The highest BCUT2D eigenvalue weighted by atomic mass is 79.9. The molecule has 2 rings (SSSR count). The van der Waals surface area contributed by atoms with Crippen molar-refractivity contribution in [1.29, 1.82) is 0 Å². The van der Waals surface area contributed by atoms with Gasteiger partial charge < -0.3 is 5.73 Å². The van der Waals surface area contributed by atoms with E-state index in [9.17, 15) is 0 Å². The summed E-state index contributed by atoms with van der Waals surface area (Å²) in [5, 5.41) is 2.26. The molecule has 0 radical (unpaired) electrons.